The minimum absolute atomic E-state index is 0.762. The lowest BCUT2D eigenvalue weighted by Gasteiger charge is -2.06. The number of aromatic amines is 1. The smallest absolute Gasteiger partial charge is 0.104 e. The highest BCUT2D eigenvalue weighted by Crippen LogP contribution is 2.18. The molecule has 1 heterocycles. The van der Waals surface area contributed by atoms with Crippen LogP contribution in [-0.2, 0) is 6.54 Å². The number of hydrogen-bond donors (Lipinski definition) is 2. The summed E-state index contributed by atoms with van der Waals surface area (Å²) in [4.78, 5) is 7.62. The third kappa shape index (κ3) is 2.71. The molecule has 0 saturated carbocycles. The Morgan fingerprint density at radius 3 is 2.74 bits per heavy atom. The minimum atomic E-state index is 0.762. The summed E-state index contributed by atoms with van der Waals surface area (Å²) in [6, 6.07) is 14.0. The van der Waals surface area contributed by atoms with Crippen molar-refractivity contribution < 1.29 is 0 Å². The molecule has 3 nitrogen and oxygen atoms in total. The average molecular weight is 272 g/mol. The van der Waals surface area contributed by atoms with E-state index in [4.69, 9.17) is 11.6 Å². The van der Waals surface area contributed by atoms with Crippen molar-refractivity contribution in [2.75, 3.05) is 5.32 Å². The molecular formula is C15H14ClN3. The van der Waals surface area contributed by atoms with Crippen molar-refractivity contribution in [3.63, 3.8) is 0 Å². The lowest BCUT2D eigenvalue weighted by molar-refractivity contribution is 1.15. The number of H-pyrrole nitrogens is 1. The second-order valence-electron chi connectivity index (χ2n) is 4.53. The van der Waals surface area contributed by atoms with Crippen molar-refractivity contribution in [3.05, 3.63) is 58.9 Å². The number of rotatable bonds is 3. The molecule has 1 aromatic heterocycles. The standard InChI is InChI=1S/C15H14ClN3/c1-10-18-14-7-6-13(8-15(14)19-10)17-9-11-2-4-12(16)5-3-11/h2-8,17H,9H2,1H3,(H,18,19). The minimum Gasteiger partial charge on any atom is -0.381 e. The maximum atomic E-state index is 5.87. The highest BCUT2D eigenvalue weighted by Gasteiger charge is 2.00. The Hall–Kier alpha value is -2.00. The van der Waals surface area contributed by atoms with Gasteiger partial charge < -0.3 is 10.3 Å². The van der Waals surface area contributed by atoms with Gasteiger partial charge in [0, 0.05) is 17.3 Å². The molecule has 3 rings (SSSR count). The fraction of sp³-hybridized carbons (Fsp3) is 0.133. The second-order valence-corrected chi connectivity index (χ2v) is 4.97. The fourth-order valence-electron chi connectivity index (χ4n) is 2.05. The fourth-order valence-corrected chi connectivity index (χ4v) is 2.18. The topological polar surface area (TPSA) is 40.7 Å². The first kappa shape index (κ1) is 12.1. The molecule has 0 saturated heterocycles. The molecule has 0 aliphatic rings. The summed E-state index contributed by atoms with van der Waals surface area (Å²) >= 11 is 5.87. The predicted molar refractivity (Wildman–Crippen MR) is 79.6 cm³/mol. The summed E-state index contributed by atoms with van der Waals surface area (Å²) in [5.74, 6) is 0.935. The first-order chi connectivity index (χ1) is 9.20. The van der Waals surface area contributed by atoms with Gasteiger partial charge in [-0.25, -0.2) is 4.98 Å². The van der Waals surface area contributed by atoms with Crippen LogP contribution in [0, 0.1) is 6.92 Å². The van der Waals surface area contributed by atoms with Gasteiger partial charge in [-0.15, -0.1) is 0 Å². The number of fused-ring (bicyclic) bond motifs is 1. The van der Waals surface area contributed by atoms with Gasteiger partial charge in [0.25, 0.3) is 0 Å². The highest BCUT2D eigenvalue weighted by atomic mass is 35.5. The Balaban J connectivity index is 1.75. The van der Waals surface area contributed by atoms with Crippen molar-refractivity contribution >= 4 is 28.3 Å². The molecule has 0 aliphatic heterocycles. The summed E-state index contributed by atoms with van der Waals surface area (Å²) in [6.45, 7) is 2.73. The number of hydrogen-bond acceptors (Lipinski definition) is 2. The van der Waals surface area contributed by atoms with Crippen molar-refractivity contribution in [2.45, 2.75) is 13.5 Å². The molecule has 0 bridgehead atoms. The zero-order valence-corrected chi connectivity index (χ0v) is 11.3. The molecule has 0 spiro atoms. The highest BCUT2D eigenvalue weighted by molar-refractivity contribution is 6.30. The van der Waals surface area contributed by atoms with Crippen LogP contribution in [0.4, 0.5) is 5.69 Å². The van der Waals surface area contributed by atoms with Crippen molar-refractivity contribution in [2.24, 2.45) is 0 Å². The molecule has 4 heteroatoms. The van der Waals surface area contributed by atoms with Gasteiger partial charge in [-0.1, -0.05) is 23.7 Å². The Labute approximate surface area is 116 Å². The molecule has 19 heavy (non-hydrogen) atoms. The maximum absolute atomic E-state index is 5.87. The van der Waals surface area contributed by atoms with Gasteiger partial charge in [-0.05, 0) is 42.8 Å². The Morgan fingerprint density at radius 2 is 1.95 bits per heavy atom. The predicted octanol–water partition coefficient (Wildman–Crippen LogP) is 4.14. The average Bonchev–Trinajstić information content (AvgIpc) is 2.77. The van der Waals surface area contributed by atoms with E-state index in [1.807, 2.05) is 43.3 Å². The zero-order chi connectivity index (χ0) is 13.2. The molecule has 0 radical (unpaired) electrons. The third-order valence-corrected chi connectivity index (χ3v) is 3.26. The molecule has 0 aliphatic carbocycles. The monoisotopic (exact) mass is 271 g/mol. The van der Waals surface area contributed by atoms with Crippen LogP contribution >= 0.6 is 11.6 Å². The zero-order valence-electron chi connectivity index (χ0n) is 10.6. The van der Waals surface area contributed by atoms with Gasteiger partial charge in [0.05, 0.1) is 11.0 Å². The van der Waals surface area contributed by atoms with Crippen LogP contribution < -0.4 is 5.32 Å². The largest absolute Gasteiger partial charge is 0.381 e. The first-order valence-electron chi connectivity index (χ1n) is 6.15. The number of aryl methyl sites for hydroxylation is 1. The third-order valence-electron chi connectivity index (χ3n) is 3.01. The molecular weight excluding hydrogens is 258 g/mol. The van der Waals surface area contributed by atoms with E-state index in [2.05, 4.69) is 21.4 Å². The van der Waals surface area contributed by atoms with Crippen molar-refractivity contribution in [3.8, 4) is 0 Å². The Morgan fingerprint density at radius 1 is 1.16 bits per heavy atom. The van der Waals surface area contributed by atoms with E-state index in [0.717, 1.165) is 34.1 Å². The lowest BCUT2D eigenvalue weighted by Crippen LogP contribution is -1.98. The lowest BCUT2D eigenvalue weighted by atomic mass is 10.2. The number of imidazole rings is 1. The Kier molecular flexibility index (Phi) is 3.13. The van der Waals surface area contributed by atoms with Gasteiger partial charge >= 0.3 is 0 Å². The van der Waals surface area contributed by atoms with E-state index in [9.17, 15) is 0 Å². The van der Waals surface area contributed by atoms with E-state index < -0.39 is 0 Å². The number of nitrogens with zero attached hydrogens (tertiary/aromatic N) is 1. The second kappa shape index (κ2) is 4.94. The van der Waals surface area contributed by atoms with E-state index in [1.165, 1.54) is 5.56 Å². The van der Waals surface area contributed by atoms with Crippen molar-refractivity contribution in [1.82, 2.24) is 9.97 Å². The summed E-state index contributed by atoms with van der Waals surface area (Å²) in [7, 11) is 0. The SMILES string of the molecule is Cc1nc2ccc(NCc3ccc(Cl)cc3)cc2[nH]1. The van der Waals surface area contributed by atoms with Crippen LogP contribution in [0.15, 0.2) is 42.5 Å². The maximum Gasteiger partial charge on any atom is 0.104 e. The van der Waals surface area contributed by atoms with Gasteiger partial charge in [-0.3, -0.25) is 0 Å². The van der Waals surface area contributed by atoms with E-state index in [-0.39, 0.29) is 0 Å². The Bertz CT molecular complexity index is 701. The summed E-state index contributed by atoms with van der Waals surface area (Å²) in [5, 5.41) is 4.15. The summed E-state index contributed by atoms with van der Waals surface area (Å²) in [5.41, 5.74) is 4.32. The number of anilines is 1. The molecule has 96 valence electrons. The van der Waals surface area contributed by atoms with Crippen LogP contribution in [0.1, 0.15) is 11.4 Å². The molecule has 2 N–H and O–H groups in total. The summed E-state index contributed by atoms with van der Waals surface area (Å²) in [6.07, 6.45) is 0. The molecule has 0 atom stereocenters. The van der Waals surface area contributed by atoms with Gasteiger partial charge in [-0.2, -0.15) is 0 Å². The quantitative estimate of drug-likeness (QED) is 0.752. The van der Waals surface area contributed by atoms with Crippen molar-refractivity contribution in [1.29, 1.82) is 0 Å². The molecule has 2 aromatic carbocycles. The van der Waals surface area contributed by atoms with Crippen LogP contribution in [-0.4, -0.2) is 9.97 Å². The first-order valence-corrected chi connectivity index (χ1v) is 6.53. The van der Waals surface area contributed by atoms with Crippen LogP contribution in [0.3, 0.4) is 0 Å². The van der Waals surface area contributed by atoms with E-state index >= 15 is 0 Å². The molecule has 0 amide bonds. The van der Waals surface area contributed by atoms with Gasteiger partial charge in [0.15, 0.2) is 0 Å². The molecule has 3 aromatic rings. The number of nitrogens with one attached hydrogen (secondary N) is 2. The molecule has 0 unspecified atom stereocenters. The summed E-state index contributed by atoms with van der Waals surface area (Å²) < 4.78 is 0. The number of halogens is 1. The van der Waals surface area contributed by atoms with Crippen LogP contribution in [0.2, 0.25) is 5.02 Å². The van der Waals surface area contributed by atoms with E-state index in [1.54, 1.807) is 0 Å². The van der Waals surface area contributed by atoms with Gasteiger partial charge in [0.2, 0.25) is 0 Å². The van der Waals surface area contributed by atoms with Gasteiger partial charge in [0.1, 0.15) is 5.82 Å². The number of benzene rings is 2. The number of aromatic nitrogens is 2. The van der Waals surface area contributed by atoms with Crippen LogP contribution in [0.25, 0.3) is 11.0 Å². The molecule has 0 fully saturated rings. The van der Waals surface area contributed by atoms with E-state index in [0.29, 0.717) is 0 Å². The normalized spacial score (nSPS) is 10.8. The van der Waals surface area contributed by atoms with Crippen LogP contribution in [0.5, 0.6) is 0 Å².